The van der Waals surface area contributed by atoms with Crippen molar-refractivity contribution in [1.29, 1.82) is 0 Å². The molecule has 0 saturated carbocycles. The second-order valence-electron chi connectivity index (χ2n) is 6.06. The van der Waals surface area contributed by atoms with Crippen molar-refractivity contribution in [3.05, 3.63) is 11.5 Å². The Kier molecular flexibility index (Phi) is 3.36. The highest BCUT2D eigenvalue weighted by Gasteiger charge is 2.26. The van der Waals surface area contributed by atoms with E-state index >= 15 is 0 Å². The van der Waals surface area contributed by atoms with Crippen LogP contribution in [0.5, 0.6) is 0 Å². The van der Waals surface area contributed by atoms with Crippen molar-refractivity contribution in [2.45, 2.75) is 65.8 Å². The molecular formula is C13H25N3. The van der Waals surface area contributed by atoms with Gasteiger partial charge in [-0.25, -0.2) is 4.98 Å². The number of nitrogens with zero attached hydrogens (tertiary/aromatic N) is 2. The smallest absolute Gasteiger partial charge is 0.127 e. The number of aromatic nitrogens is 2. The summed E-state index contributed by atoms with van der Waals surface area (Å²) in [5, 5.41) is 0. The number of hydrogen-bond acceptors (Lipinski definition) is 2. The van der Waals surface area contributed by atoms with Gasteiger partial charge in [-0.1, -0.05) is 27.7 Å². The zero-order valence-electron chi connectivity index (χ0n) is 11.6. The average Bonchev–Trinajstić information content (AvgIpc) is 2.41. The zero-order valence-corrected chi connectivity index (χ0v) is 11.6. The Morgan fingerprint density at radius 2 is 1.56 bits per heavy atom. The lowest BCUT2D eigenvalue weighted by atomic mass is 10.1. The maximum Gasteiger partial charge on any atom is 0.127 e. The molecule has 0 aromatic carbocycles. The molecule has 1 heterocycles. The number of nitrogen functional groups attached to an aromatic ring is 1. The van der Waals surface area contributed by atoms with Gasteiger partial charge in [-0.2, -0.15) is 0 Å². The second kappa shape index (κ2) is 4.11. The molecule has 3 nitrogen and oxygen atoms in total. The standard InChI is InChI=1S/C13H25N3/c1-8(2)10-11(14)16(13(5,6)7)12(15-10)9(3)4/h8-9H,14H2,1-7H3. The highest BCUT2D eigenvalue weighted by molar-refractivity contribution is 5.42. The molecule has 0 fully saturated rings. The highest BCUT2D eigenvalue weighted by Crippen LogP contribution is 2.31. The Balaban J connectivity index is 3.44. The first-order valence-corrected chi connectivity index (χ1v) is 6.04. The van der Waals surface area contributed by atoms with Gasteiger partial charge in [0.1, 0.15) is 11.6 Å². The summed E-state index contributed by atoms with van der Waals surface area (Å²) in [6.45, 7) is 15.1. The van der Waals surface area contributed by atoms with E-state index in [0.29, 0.717) is 11.8 Å². The summed E-state index contributed by atoms with van der Waals surface area (Å²) in [5.74, 6) is 2.69. The third-order valence-electron chi connectivity index (χ3n) is 2.70. The molecule has 1 rings (SSSR count). The molecule has 0 aliphatic carbocycles. The Labute approximate surface area is 99.1 Å². The second-order valence-corrected chi connectivity index (χ2v) is 6.06. The third kappa shape index (κ3) is 2.23. The molecule has 0 aliphatic rings. The van der Waals surface area contributed by atoms with Crippen molar-refractivity contribution < 1.29 is 0 Å². The van der Waals surface area contributed by atoms with E-state index in [9.17, 15) is 0 Å². The van der Waals surface area contributed by atoms with Crippen LogP contribution in [-0.2, 0) is 5.54 Å². The Morgan fingerprint density at radius 3 is 1.81 bits per heavy atom. The van der Waals surface area contributed by atoms with E-state index in [1.165, 1.54) is 0 Å². The molecule has 0 amide bonds. The van der Waals surface area contributed by atoms with Crippen LogP contribution in [0.15, 0.2) is 0 Å². The van der Waals surface area contributed by atoms with Crippen LogP contribution in [0.1, 0.15) is 71.8 Å². The first-order valence-electron chi connectivity index (χ1n) is 6.04. The average molecular weight is 223 g/mol. The number of rotatable bonds is 2. The molecule has 1 aromatic heterocycles. The number of hydrogen-bond donors (Lipinski definition) is 1. The van der Waals surface area contributed by atoms with Crippen molar-refractivity contribution >= 4 is 5.82 Å². The molecule has 92 valence electrons. The monoisotopic (exact) mass is 223 g/mol. The van der Waals surface area contributed by atoms with Crippen molar-refractivity contribution in [2.24, 2.45) is 0 Å². The molecule has 0 radical (unpaired) electrons. The van der Waals surface area contributed by atoms with Gasteiger partial charge in [0.05, 0.1) is 5.69 Å². The van der Waals surface area contributed by atoms with Gasteiger partial charge in [0.25, 0.3) is 0 Å². The van der Waals surface area contributed by atoms with E-state index in [2.05, 4.69) is 53.0 Å². The maximum absolute atomic E-state index is 6.23. The van der Waals surface area contributed by atoms with E-state index in [1.807, 2.05) is 0 Å². The molecule has 0 unspecified atom stereocenters. The van der Waals surface area contributed by atoms with Gasteiger partial charge < -0.3 is 10.3 Å². The van der Waals surface area contributed by atoms with Crippen LogP contribution >= 0.6 is 0 Å². The van der Waals surface area contributed by atoms with Gasteiger partial charge in [0, 0.05) is 11.5 Å². The molecule has 0 spiro atoms. The van der Waals surface area contributed by atoms with Gasteiger partial charge in [-0.15, -0.1) is 0 Å². The fourth-order valence-electron chi connectivity index (χ4n) is 1.99. The van der Waals surface area contributed by atoms with Gasteiger partial charge >= 0.3 is 0 Å². The number of imidazole rings is 1. The Hall–Kier alpha value is -0.990. The lowest BCUT2D eigenvalue weighted by Gasteiger charge is -2.26. The summed E-state index contributed by atoms with van der Waals surface area (Å²) >= 11 is 0. The summed E-state index contributed by atoms with van der Waals surface area (Å²) in [5.41, 5.74) is 7.25. The lowest BCUT2D eigenvalue weighted by Crippen LogP contribution is -2.26. The first kappa shape index (κ1) is 13.1. The van der Waals surface area contributed by atoms with Crippen LogP contribution in [0.4, 0.5) is 5.82 Å². The van der Waals surface area contributed by atoms with Crippen LogP contribution in [0, 0.1) is 0 Å². The fourth-order valence-corrected chi connectivity index (χ4v) is 1.99. The predicted octanol–water partition coefficient (Wildman–Crippen LogP) is 3.47. The SMILES string of the molecule is CC(C)c1nc(C(C)C)n(C(C)(C)C)c1N. The van der Waals surface area contributed by atoms with Gasteiger partial charge in [0.2, 0.25) is 0 Å². The minimum atomic E-state index is -0.0101. The molecule has 0 bridgehead atoms. The Morgan fingerprint density at radius 1 is 1.06 bits per heavy atom. The van der Waals surface area contributed by atoms with Gasteiger partial charge in [-0.3, -0.25) is 0 Å². The van der Waals surface area contributed by atoms with Gasteiger partial charge in [-0.05, 0) is 26.7 Å². The molecule has 0 aliphatic heterocycles. The van der Waals surface area contributed by atoms with Crippen LogP contribution in [0.2, 0.25) is 0 Å². The summed E-state index contributed by atoms with van der Waals surface area (Å²) in [7, 11) is 0. The minimum Gasteiger partial charge on any atom is -0.384 e. The normalized spacial score (nSPS) is 12.8. The van der Waals surface area contributed by atoms with Crippen LogP contribution in [0.3, 0.4) is 0 Å². The maximum atomic E-state index is 6.23. The quantitative estimate of drug-likeness (QED) is 0.834. The molecular weight excluding hydrogens is 198 g/mol. The largest absolute Gasteiger partial charge is 0.384 e. The van der Waals surface area contributed by atoms with Crippen molar-refractivity contribution in [2.75, 3.05) is 5.73 Å². The minimum absolute atomic E-state index is 0.0101. The summed E-state index contributed by atoms with van der Waals surface area (Å²) < 4.78 is 2.17. The number of nitrogens with two attached hydrogens (primary N) is 1. The topological polar surface area (TPSA) is 43.8 Å². The molecule has 3 heteroatoms. The number of anilines is 1. The molecule has 0 atom stereocenters. The van der Waals surface area contributed by atoms with Crippen LogP contribution in [0.25, 0.3) is 0 Å². The van der Waals surface area contributed by atoms with E-state index in [1.54, 1.807) is 0 Å². The van der Waals surface area contributed by atoms with Crippen molar-refractivity contribution in [3.63, 3.8) is 0 Å². The fraction of sp³-hybridized carbons (Fsp3) is 0.769. The lowest BCUT2D eigenvalue weighted by molar-refractivity contribution is 0.382. The van der Waals surface area contributed by atoms with E-state index in [-0.39, 0.29) is 5.54 Å². The Bertz CT molecular complexity index is 367. The van der Waals surface area contributed by atoms with Crippen LogP contribution < -0.4 is 5.73 Å². The van der Waals surface area contributed by atoms with Crippen LogP contribution in [-0.4, -0.2) is 9.55 Å². The molecule has 1 aromatic rings. The van der Waals surface area contributed by atoms with Gasteiger partial charge in [0.15, 0.2) is 0 Å². The van der Waals surface area contributed by atoms with E-state index in [4.69, 9.17) is 10.7 Å². The summed E-state index contributed by atoms with van der Waals surface area (Å²) in [6.07, 6.45) is 0. The van der Waals surface area contributed by atoms with Crippen molar-refractivity contribution in [1.82, 2.24) is 9.55 Å². The highest BCUT2D eigenvalue weighted by atomic mass is 15.2. The van der Waals surface area contributed by atoms with E-state index in [0.717, 1.165) is 17.3 Å². The first-order chi connectivity index (χ1) is 7.16. The summed E-state index contributed by atoms with van der Waals surface area (Å²) in [6, 6.07) is 0. The van der Waals surface area contributed by atoms with E-state index < -0.39 is 0 Å². The molecule has 0 saturated heterocycles. The predicted molar refractivity (Wildman–Crippen MR) is 69.8 cm³/mol. The van der Waals surface area contributed by atoms with Crippen molar-refractivity contribution in [3.8, 4) is 0 Å². The third-order valence-corrected chi connectivity index (χ3v) is 2.70. The zero-order chi connectivity index (χ0) is 12.7. The molecule has 2 N–H and O–H groups in total. The summed E-state index contributed by atoms with van der Waals surface area (Å²) in [4.78, 5) is 4.71. The molecule has 16 heavy (non-hydrogen) atoms.